The molecule has 1 aliphatic heterocycles. The van der Waals surface area contributed by atoms with Crippen molar-refractivity contribution in [3.8, 4) is 0 Å². The van der Waals surface area contributed by atoms with E-state index in [1.807, 2.05) is 0 Å². The predicted molar refractivity (Wildman–Crippen MR) is 217 cm³/mol. The van der Waals surface area contributed by atoms with Gasteiger partial charge >= 0.3 is 18.0 Å². The van der Waals surface area contributed by atoms with E-state index in [0.717, 1.165) is 51.4 Å². The van der Waals surface area contributed by atoms with Crippen LogP contribution in [0.4, 0.5) is 4.79 Å². The van der Waals surface area contributed by atoms with Crippen LogP contribution in [-0.2, 0) is 23.8 Å². The van der Waals surface area contributed by atoms with E-state index in [2.05, 4.69) is 30.9 Å². The molecule has 0 radical (unpaired) electrons. The largest absolute Gasteiger partial charge is 0.462 e. The zero-order valence-corrected chi connectivity index (χ0v) is 34.6. The zero-order valence-electron chi connectivity index (χ0n) is 34.6. The number of aliphatic hydroxyl groups is 1. The summed E-state index contributed by atoms with van der Waals surface area (Å²) in [6, 6.07) is -0.0171. The fraction of sp³-hybridized carbons (Fsp3) is 0.886. The van der Waals surface area contributed by atoms with Crippen LogP contribution >= 0.6 is 0 Å². The molecule has 1 unspecified atom stereocenters. The lowest BCUT2D eigenvalue weighted by atomic mass is 10.0. The highest BCUT2D eigenvalue weighted by Gasteiger charge is 2.33. The van der Waals surface area contributed by atoms with Crippen molar-refractivity contribution < 1.29 is 33.7 Å². The highest BCUT2D eigenvalue weighted by molar-refractivity contribution is 5.70. The molecule has 53 heavy (non-hydrogen) atoms. The Morgan fingerprint density at radius 2 is 1.00 bits per heavy atom. The van der Waals surface area contributed by atoms with E-state index in [0.29, 0.717) is 32.5 Å². The van der Waals surface area contributed by atoms with Gasteiger partial charge in [-0.25, -0.2) is 4.79 Å². The van der Waals surface area contributed by atoms with Crippen LogP contribution in [0.2, 0.25) is 0 Å². The molecule has 1 aliphatic rings. The van der Waals surface area contributed by atoms with Gasteiger partial charge in [-0.3, -0.25) is 14.5 Å². The van der Waals surface area contributed by atoms with Gasteiger partial charge in [0.05, 0.1) is 12.6 Å². The summed E-state index contributed by atoms with van der Waals surface area (Å²) in [4.78, 5) is 41.6. The van der Waals surface area contributed by atoms with Crippen LogP contribution in [0.15, 0.2) is 12.2 Å². The lowest BCUT2D eigenvalue weighted by Crippen LogP contribution is -2.60. The van der Waals surface area contributed by atoms with Gasteiger partial charge in [0.25, 0.3) is 0 Å². The molecule has 1 fully saturated rings. The third-order valence-electron chi connectivity index (χ3n) is 10.4. The Bertz CT molecular complexity index is 908. The van der Waals surface area contributed by atoms with Crippen LogP contribution in [0, 0.1) is 0 Å². The second-order valence-electron chi connectivity index (χ2n) is 15.4. The van der Waals surface area contributed by atoms with Crippen LogP contribution in [0.3, 0.4) is 0 Å². The van der Waals surface area contributed by atoms with Crippen molar-refractivity contribution in [3.63, 3.8) is 0 Å². The van der Waals surface area contributed by atoms with E-state index in [1.165, 1.54) is 120 Å². The molecule has 0 aromatic rings. The summed E-state index contributed by atoms with van der Waals surface area (Å²) in [6.45, 7) is 6.21. The van der Waals surface area contributed by atoms with E-state index in [9.17, 15) is 14.4 Å². The van der Waals surface area contributed by atoms with E-state index < -0.39 is 12.2 Å². The number of rotatable bonds is 37. The number of hydrogen-bond acceptors (Lipinski definition) is 8. The average molecular weight is 751 g/mol. The predicted octanol–water partition coefficient (Wildman–Crippen LogP) is 10.7. The van der Waals surface area contributed by atoms with Gasteiger partial charge in [0.15, 0.2) is 6.10 Å². The summed E-state index contributed by atoms with van der Waals surface area (Å²) in [6.07, 6.45) is 35.5. The molecule has 9 nitrogen and oxygen atoms in total. The molecule has 1 atom stereocenters. The number of amides is 1. The highest BCUT2D eigenvalue weighted by atomic mass is 16.6. The second-order valence-corrected chi connectivity index (χ2v) is 15.4. The first-order chi connectivity index (χ1) is 25.9. The van der Waals surface area contributed by atoms with E-state index in [4.69, 9.17) is 19.3 Å². The Hall–Kier alpha value is -2.13. The molecule has 0 aromatic carbocycles. The highest BCUT2D eigenvalue weighted by Crippen LogP contribution is 2.16. The number of carbonyl (C=O) groups excluding carboxylic acids is 3. The lowest BCUT2D eigenvalue weighted by molar-refractivity contribution is -0.153. The molecule has 1 heterocycles. The van der Waals surface area contributed by atoms with E-state index in [-0.39, 0.29) is 37.8 Å². The molecule has 1 saturated heterocycles. The number of ether oxygens (including phenoxy) is 3. The SMILES string of the molecule is CCCCCCCC/C=C\CCCCCCCC(=O)OCC(COC(=O)CCCCCCCCCCCCCCC)OC(=O)N(C)C1CN(CCO)C1. The third kappa shape index (κ3) is 28.9. The molecule has 0 bridgehead atoms. The summed E-state index contributed by atoms with van der Waals surface area (Å²) in [7, 11) is 1.68. The molecule has 310 valence electrons. The van der Waals surface area contributed by atoms with E-state index >= 15 is 0 Å². The minimum Gasteiger partial charge on any atom is -0.462 e. The zero-order chi connectivity index (χ0) is 38.6. The van der Waals surface area contributed by atoms with Gasteiger partial charge in [0.2, 0.25) is 0 Å². The standard InChI is InChI=1S/C44H82N2O7/c1-4-6-8-10-12-14-16-18-19-21-23-25-27-29-31-33-43(49)52-39-41(53-44(50)45(3)40-36-46(37-40)34-35-47)38-51-42(48)32-30-28-26-24-22-20-17-15-13-11-9-7-5-2/h18-19,40-41,47H,4-17,20-39H2,1-3H3/b19-18-. The van der Waals surface area contributed by atoms with Crippen LogP contribution in [0.5, 0.6) is 0 Å². The van der Waals surface area contributed by atoms with Crippen LogP contribution < -0.4 is 0 Å². The summed E-state index contributed by atoms with van der Waals surface area (Å²) >= 11 is 0. The van der Waals surface area contributed by atoms with Crippen molar-refractivity contribution in [2.75, 3.05) is 46.5 Å². The average Bonchev–Trinajstić information content (AvgIpc) is 3.13. The molecule has 0 aromatic heterocycles. The maximum absolute atomic E-state index is 12.9. The molecule has 0 spiro atoms. The number of β-amino-alcohol motifs (C(OH)–C–C–N with tert-alkyl or cyclic N) is 1. The molecule has 1 N–H and O–H groups in total. The second kappa shape index (κ2) is 35.6. The number of likely N-dealkylation sites (tertiary alicyclic amines) is 1. The quantitative estimate of drug-likeness (QED) is 0.0290. The van der Waals surface area contributed by atoms with Gasteiger partial charge in [0.1, 0.15) is 13.2 Å². The maximum Gasteiger partial charge on any atom is 0.410 e. The van der Waals surface area contributed by atoms with Gasteiger partial charge < -0.3 is 24.2 Å². The molecule has 1 amide bonds. The Morgan fingerprint density at radius 1 is 0.623 bits per heavy atom. The topological polar surface area (TPSA) is 106 Å². The monoisotopic (exact) mass is 751 g/mol. The maximum atomic E-state index is 12.9. The molecule has 1 rings (SSSR count). The van der Waals surface area contributed by atoms with Gasteiger partial charge in [0, 0.05) is 39.5 Å². The molecular formula is C44H82N2O7. The van der Waals surface area contributed by atoms with Crippen molar-refractivity contribution in [2.45, 2.75) is 206 Å². The van der Waals surface area contributed by atoms with Gasteiger partial charge in [-0.1, -0.05) is 154 Å². The van der Waals surface area contributed by atoms with Gasteiger partial charge in [-0.05, 0) is 38.5 Å². The first-order valence-corrected chi connectivity index (χ1v) is 22.1. The number of nitrogens with zero attached hydrogens (tertiary/aromatic N) is 2. The van der Waals surface area contributed by atoms with Crippen molar-refractivity contribution in [3.05, 3.63) is 12.2 Å². The van der Waals surface area contributed by atoms with Gasteiger partial charge in [-0.2, -0.15) is 0 Å². The minimum absolute atomic E-state index is 0.0171. The summed E-state index contributed by atoms with van der Waals surface area (Å²) in [5, 5.41) is 9.15. The number of hydrogen-bond donors (Lipinski definition) is 1. The van der Waals surface area contributed by atoms with Gasteiger partial charge in [-0.15, -0.1) is 0 Å². The Balaban J connectivity index is 2.27. The molecular weight excluding hydrogens is 668 g/mol. The molecule has 0 aliphatic carbocycles. The minimum atomic E-state index is -0.868. The lowest BCUT2D eigenvalue weighted by Gasteiger charge is -2.43. The first kappa shape index (κ1) is 48.9. The van der Waals surface area contributed by atoms with Crippen molar-refractivity contribution in [1.82, 2.24) is 9.80 Å². The van der Waals surface area contributed by atoms with Crippen LogP contribution in [-0.4, -0.2) is 91.6 Å². The van der Waals surface area contributed by atoms with Crippen LogP contribution in [0.1, 0.15) is 194 Å². The smallest absolute Gasteiger partial charge is 0.410 e. The number of aliphatic hydroxyl groups excluding tert-OH is 1. The van der Waals surface area contributed by atoms with E-state index in [1.54, 1.807) is 7.05 Å². The van der Waals surface area contributed by atoms with Crippen molar-refractivity contribution in [2.24, 2.45) is 0 Å². The normalized spacial score (nSPS) is 14.0. The Morgan fingerprint density at radius 3 is 1.40 bits per heavy atom. The van der Waals surface area contributed by atoms with Crippen LogP contribution in [0.25, 0.3) is 0 Å². The molecule has 9 heteroatoms. The number of likely N-dealkylation sites (N-methyl/N-ethyl adjacent to an activating group) is 1. The first-order valence-electron chi connectivity index (χ1n) is 22.1. The summed E-state index contributed by atoms with van der Waals surface area (Å²) < 4.78 is 16.7. The number of unbranched alkanes of at least 4 members (excludes halogenated alkanes) is 23. The third-order valence-corrected chi connectivity index (χ3v) is 10.4. The summed E-state index contributed by atoms with van der Waals surface area (Å²) in [5.41, 5.74) is 0. The Kier molecular flexibility index (Phi) is 32.8. The number of esters is 2. The fourth-order valence-electron chi connectivity index (χ4n) is 6.75. The summed E-state index contributed by atoms with van der Waals surface area (Å²) in [5.74, 6) is -0.644. The molecule has 0 saturated carbocycles. The number of carbonyl (C=O) groups is 3. The Labute approximate surface area is 325 Å². The van der Waals surface area contributed by atoms with Crippen molar-refractivity contribution >= 4 is 18.0 Å². The fourth-order valence-corrected chi connectivity index (χ4v) is 6.75. The number of allylic oxidation sites excluding steroid dienone is 2. The van der Waals surface area contributed by atoms with Crippen molar-refractivity contribution in [1.29, 1.82) is 0 Å².